The summed E-state index contributed by atoms with van der Waals surface area (Å²) in [7, 11) is -3.88. The fraction of sp³-hybridized carbons (Fsp3) is 0.350. The van der Waals surface area contributed by atoms with Crippen LogP contribution in [-0.4, -0.2) is 75.5 Å². The molecule has 2 N–H and O–H groups in total. The summed E-state index contributed by atoms with van der Waals surface area (Å²) >= 11 is 0. The number of piperazine rings is 1. The molecule has 31 heavy (non-hydrogen) atoms. The summed E-state index contributed by atoms with van der Waals surface area (Å²) in [5.74, 6) is -0.460. The van der Waals surface area contributed by atoms with Crippen LogP contribution in [-0.2, 0) is 19.6 Å². The highest BCUT2D eigenvalue weighted by molar-refractivity contribution is 7.89. The molecular formula is C20H23N5O5S. The maximum Gasteiger partial charge on any atom is 0.256 e. The third-order valence-corrected chi connectivity index (χ3v) is 6.94. The van der Waals surface area contributed by atoms with E-state index >= 15 is 0 Å². The summed E-state index contributed by atoms with van der Waals surface area (Å²) in [5, 5.41) is 5.28. The number of ether oxygens (including phenoxy) is 1. The van der Waals surface area contributed by atoms with Crippen molar-refractivity contribution in [3.8, 4) is 0 Å². The van der Waals surface area contributed by atoms with Crippen LogP contribution < -0.4 is 15.5 Å². The van der Waals surface area contributed by atoms with Gasteiger partial charge < -0.3 is 20.3 Å². The molecule has 0 aliphatic carbocycles. The van der Waals surface area contributed by atoms with Gasteiger partial charge in [0.2, 0.25) is 15.9 Å². The molecule has 4 rings (SSSR count). The van der Waals surface area contributed by atoms with Crippen LogP contribution in [0, 0.1) is 0 Å². The molecule has 0 unspecified atom stereocenters. The quantitative estimate of drug-likeness (QED) is 0.679. The molecule has 1 aromatic carbocycles. The number of sulfonamides is 1. The molecular weight excluding hydrogens is 422 g/mol. The summed E-state index contributed by atoms with van der Waals surface area (Å²) in [5.41, 5.74) is 1.13. The van der Waals surface area contributed by atoms with Crippen LogP contribution in [0.3, 0.4) is 0 Å². The lowest BCUT2D eigenvalue weighted by Crippen LogP contribution is -2.49. The monoisotopic (exact) mass is 445 g/mol. The lowest BCUT2D eigenvalue weighted by molar-refractivity contribution is -0.122. The van der Waals surface area contributed by atoms with Gasteiger partial charge in [0.05, 0.1) is 36.5 Å². The van der Waals surface area contributed by atoms with Gasteiger partial charge in [-0.3, -0.25) is 9.59 Å². The average molecular weight is 446 g/mol. The number of hydrogen-bond donors (Lipinski definition) is 2. The number of amides is 2. The maximum atomic E-state index is 12.8. The van der Waals surface area contributed by atoms with Crippen molar-refractivity contribution in [1.29, 1.82) is 0 Å². The number of benzene rings is 1. The molecule has 2 amide bonds. The standard InChI is InChI=1S/C20H23N5O5S/c26-19-14-25(7-6-21-19)31(28,29)17-3-1-2-15(12-17)20(27)23-18-5-4-16(13-22-18)24-8-10-30-11-9-24/h1-5,12-13H,6-11,14H2,(H,21,26)(H,22,23,27). The van der Waals surface area contributed by atoms with E-state index in [-0.39, 0.29) is 36.0 Å². The Bertz CT molecular complexity index is 1070. The van der Waals surface area contributed by atoms with Gasteiger partial charge in [0.15, 0.2) is 0 Å². The summed E-state index contributed by atoms with van der Waals surface area (Å²) in [6.45, 7) is 3.10. The van der Waals surface area contributed by atoms with Crippen molar-refractivity contribution < 1.29 is 22.7 Å². The van der Waals surface area contributed by atoms with Crippen molar-refractivity contribution in [3.63, 3.8) is 0 Å². The minimum atomic E-state index is -3.88. The Morgan fingerprint density at radius 1 is 1.13 bits per heavy atom. The SMILES string of the molecule is O=C1CN(S(=O)(=O)c2cccc(C(=O)Nc3ccc(N4CCOCC4)cn3)c2)CCN1. The fourth-order valence-electron chi connectivity index (χ4n) is 3.42. The summed E-state index contributed by atoms with van der Waals surface area (Å²) in [4.78, 5) is 30.6. The molecule has 3 heterocycles. The molecule has 11 heteroatoms. The number of carbonyl (C=O) groups excluding carboxylic acids is 2. The second-order valence-corrected chi connectivity index (χ2v) is 9.11. The van der Waals surface area contributed by atoms with E-state index in [0.29, 0.717) is 19.0 Å². The van der Waals surface area contributed by atoms with Crippen LogP contribution in [0.15, 0.2) is 47.5 Å². The first-order valence-electron chi connectivity index (χ1n) is 9.90. The van der Waals surface area contributed by atoms with E-state index in [9.17, 15) is 18.0 Å². The van der Waals surface area contributed by atoms with Crippen molar-refractivity contribution in [2.24, 2.45) is 0 Å². The summed E-state index contributed by atoms with van der Waals surface area (Å²) in [6.07, 6.45) is 1.68. The number of morpholine rings is 1. The molecule has 2 aromatic rings. The predicted molar refractivity (Wildman–Crippen MR) is 113 cm³/mol. The number of nitrogens with one attached hydrogen (secondary N) is 2. The van der Waals surface area contributed by atoms with E-state index in [1.165, 1.54) is 24.3 Å². The highest BCUT2D eigenvalue weighted by atomic mass is 32.2. The van der Waals surface area contributed by atoms with E-state index in [0.717, 1.165) is 23.1 Å². The largest absolute Gasteiger partial charge is 0.378 e. The number of anilines is 2. The molecule has 164 valence electrons. The van der Waals surface area contributed by atoms with Gasteiger partial charge >= 0.3 is 0 Å². The second kappa shape index (κ2) is 9.00. The minimum absolute atomic E-state index is 0.0366. The topological polar surface area (TPSA) is 121 Å². The van der Waals surface area contributed by atoms with Gasteiger partial charge in [0.25, 0.3) is 5.91 Å². The number of pyridine rings is 1. The molecule has 10 nitrogen and oxygen atoms in total. The molecule has 0 atom stereocenters. The zero-order chi connectivity index (χ0) is 21.8. The van der Waals surface area contributed by atoms with E-state index < -0.39 is 15.9 Å². The molecule has 0 saturated carbocycles. The maximum absolute atomic E-state index is 12.8. The van der Waals surface area contributed by atoms with Gasteiger partial charge in [-0.1, -0.05) is 6.07 Å². The summed E-state index contributed by atoms with van der Waals surface area (Å²) in [6, 6.07) is 9.32. The lowest BCUT2D eigenvalue weighted by atomic mass is 10.2. The number of aromatic nitrogens is 1. The fourth-order valence-corrected chi connectivity index (χ4v) is 4.87. The number of carbonyl (C=O) groups is 2. The molecule has 2 aliphatic heterocycles. The number of rotatable bonds is 5. The second-order valence-electron chi connectivity index (χ2n) is 7.17. The number of nitrogens with zero attached hydrogens (tertiary/aromatic N) is 3. The lowest BCUT2D eigenvalue weighted by Gasteiger charge is -2.28. The van der Waals surface area contributed by atoms with Crippen molar-refractivity contribution in [2.45, 2.75) is 4.90 Å². The Hall–Kier alpha value is -3.02. The van der Waals surface area contributed by atoms with Gasteiger partial charge in [0.1, 0.15) is 5.82 Å². The molecule has 2 aliphatic rings. The van der Waals surface area contributed by atoms with E-state index in [2.05, 4.69) is 20.5 Å². The molecule has 0 spiro atoms. The van der Waals surface area contributed by atoms with E-state index in [1.807, 2.05) is 6.07 Å². The Morgan fingerprint density at radius 2 is 1.94 bits per heavy atom. The zero-order valence-electron chi connectivity index (χ0n) is 16.8. The third kappa shape index (κ3) is 4.84. The third-order valence-electron chi connectivity index (χ3n) is 5.10. The molecule has 2 saturated heterocycles. The smallest absolute Gasteiger partial charge is 0.256 e. The normalized spacial score (nSPS) is 17.8. The minimum Gasteiger partial charge on any atom is -0.378 e. The van der Waals surface area contributed by atoms with Gasteiger partial charge in [-0.15, -0.1) is 0 Å². The van der Waals surface area contributed by atoms with Crippen LogP contribution in [0.25, 0.3) is 0 Å². The van der Waals surface area contributed by atoms with Crippen molar-refractivity contribution in [1.82, 2.24) is 14.6 Å². The molecule has 1 aromatic heterocycles. The van der Waals surface area contributed by atoms with Crippen LogP contribution >= 0.6 is 0 Å². The van der Waals surface area contributed by atoms with Crippen LogP contribution in [0.5, 0.6) is 0 Å². The van der Waals surface area contributed by atoms with Crippen molar-refractivity contribution >= 4 is 33.3 Å². The summed E-state index contributed by atoms with van der Waals surface area (Å²) < 4.78 is 32.1. The molecule has 0 bridgehead atoms. The average Bonchev–Trinajstić information content (AvgIpc) is 2.80. The first kappa shape index (κ1) is 21.2. The Labute approximate surface area is 180 Å². The van der Waals surface area contributed by atoms with Gasteiger partial charge in [-0.05, 0) is 30.3 Å². The van der Waals surface area contributed by atoms with Gasteiger partial charge in [-0.25, -0.2) is 13.4 Å². The Morgan fingerprint density at radius 3 is 2.65 bits per heavy atom. The first-order valence-corrected chi connectivity index (χ1v) is 11.3. The number of hydrogen-bond acceptors (Lipinski definition) is 7. The van der Waals surface area contributed by atoms with Crippen molar-refractivity contribution in [2.75, 3.05) is 56.2 Å². The van der Waals surface area contributed by atoms with E-state index in [1.54, 1.807) is 12.3 Å². The highest BCUT2D eigenvalue weighted by Gasteiger charge is 2.29. The van der Waals surface area contributed by atoms with E-state index in [4.69, 9.17) is 4.74 Å². The first-order chi connectivity index (χ1) is 14.9. The van der Waals surface area contributed by atoms with Crippen LogP contribution in [0.4, 0.5) is 11.5 Å². The van der Waals surface area contributed by atoms with Crippen LogP contribution in [0.1, 0.15) is 10.4 Å². The van der Waals surface area contributed by atoms with Gasteiger partial charge in [-0.2, -0.15) is 4.31 Å². The molecule has 0 radical (unpaired) electrons. The van der Waals surface area contributed by atoms with Crippen LogP contribution in [0.2, 0.25) is 0 Å². The van der Waals surface area contributed by atoms with Gasteiger partial charge in [0, 0.05) is 31.7 Å². The highest BCUT2D eigenvalue weighted by Crippen LogP contribution is 2.20. The van der Waals surface area contributed by atoms with Crippen molar-refractivity contribution in [3.05, 3.63) is 48.2 Å². The molecule has 2 fully saturated rings. The Kier molecular flexibility index (Phi) is 6.16. The predicted octanol–water partition coefficient (Wildman–Crippen LogP) is 0.291. The zero-order valence-corrected chi connectivity index (χ0v) is 17.6. The Balaban J connectivity index is 1.46.